The Labute approximate surface area is 71.2 Å². The Morgan fingerprint density at radius 3 is 2.42 bits per heavy atom. The molecule has 0 aliphatic carbocycles. The average molecular weight is 174 g/mol. The topological polar surface area (TPSA) is 66.8 Å². The van der Waals surface area contributed by atoms with Gasteiger partial charge in [-0.05, 0) is 5.92 Å². The third-order valence-corrected chi connectivity index (χ3v) is 2.19. The van der Waals surface area contributed by atoms with E-state index in [1.54, 1.807) is 0 Å². The van der Waals surface area contributed by atoms with Crippen molar-refractivity contribution in [1.82, 2.24) is 0 Å². The van der Waals surface area contributed by atoms with E-state index in [2.05, 4.69) is 0 Å². The van der Waals surface area contributed by atoms with Crippen molar-refractivity contribution in [3.63, 3.8) is 0 Å². The predicted molar refractivity (Wildman–Crippen MR) is 41.3 cm³/mol. The maximum Gasteiger partial charge on any atom is 0.312 e. The molecule has 0 aromatic heterocycles. The van der Waals surface area contributed by atoms with Crippen molar-refractivity contribution in [1.29, 1.82) is 0 Å². The van der Waals surface area contributed by atoms with Gasteiger partial charge in [0.1, 0.15) is 6.10 Å². The summed E-state index contributed by atoms with van der Waals surface area (Å²) in [7, 11) is 0. The molecule has 12 heavy (non-hydrogen) atoms. The number of aliphatic hydroxyl groups is 2. The molecule has 0 bridgehead atoms. The molecule has 1 aliphatic rings. The number of carbonyl (C=O) groups is 1. The molecule has 1 saturated heterocycles. The van der Waals surface area contributed by atoms with E-state index in [9.17, 15) is 9.90 Å². The molecule has 1 fully saturated rings. The van der Waals surface area contributed by atoms with E-state index in [1.165, 1.54) is 0 Å². The summed E-state index contributed by atoms with van der Waals surface area (Å²) in [5.74, 6) is -0.845. The Balaban J connectivity index is 2.70. The van der Waals surface area contributed by atoms with Gasteiger partial charge < -0.3 is 14.9 Å². The Bertz CT molecular complexity index is 178. The molecule has 2 N–H and O–H groups in total. The first-order chi connectivity index (χ1) is 5.57. The highest BCUT2D eigenvalue weighted by atomic mass is 16.6. The van der Waals surface area contributed by atoms with Crippen LogP contribution in [0.2, 0.25) is 0 Å². The number of aliphatic hydroxyl groups excluding tert-OH is 2. The summed E-state index contributed by atoms with van der Waals surface area (Å²) < 4.78 is 4.76. The van der Waals surface area contributed by atoms with E-state index >= 15 is 0 Å². The third kappa shape index (κ3) is 1.44. The quantitative estimate of drug-likeness (QED) is 0.556. The molecule has 3 atom stereocenters. The van der Waals surface area contributed by atoms with Crippen LogP contribution < -0.4 is 0 Å². The largest absolute Gasteiger partial charge is 0.457 e. The average Bonchev–Trinajstić information content (AvgIpc) is 2.25. The number of rotatable bonds is 2. The Morgan fingerprint density at radius 2 is 2.17 bits per heavy atom. The second-order valence-corrected chi connectivity index (χ2v) is 3.42. The second kappa shape index (κ2) is 3.41. The molecule has 1 heterocycles. The molecule has 0 saturated carbocycles. The minimum absolute atomic E-state index is 0.0454. The van der Waals surface area contributed by atoms with Crippen LogP contribution in [0.4, 0.5) is 0 Å². The molecule has 0 aromatic carbocycles. The molecular weight excluding hydrogens is 160 g/mol. The fourth-order valence-corrected chi connectivity index (χ4v) is 1.48. The summed E-state index contributed by atoms with van der Waals surface area (Å²) in [6.07, 6.45) is -1.59. The smallest absolute Gasteiger partial charge is 0.312 e. The van der Waals surface area contributed by atoms with E-state index in [1.807, 2.05) is 13.8 Å². The van der Waals surface area contributed by atoms with E-state index in [0.717, 1.165) is 0 Å². The van der Waals surface area contributed by atoms with Gasteiger partial charge in [0.05, 0.1) is 12.5 Å². The van der Waals surface area contributed by atoms with E-state index in [0.29, 0.717) is 0 Å². The van der Waals surface area contributed by atoms with Crippen LogP contribution in [0.25, 0.3) is 0 Å². The minimum atomic E-state index is -0.859. The minimum Gasteiger partial charge on any atom is -0.457 e. The van der Waals surface area contributed by atoms with Gasteiger partial charge in [-0.2, -0.15) is 0 Å². The van der Waals surface area contributed by atoms with Crippen molar-refractivity contribution < 1.29 is 19.7 Å². The molecule has 70 valence electrons. The van der Waals surface area contributed by atoms with Gasteiger partial charge in [-0.3, -0.25) is 4.79 Å². The summed E-state index contributed by atoms with van der Waals surface area (Å²) >= 11 is 0. The fraction of sp³-hybridized carbons (Fsp3) is 0.875. The van der Waals surface area contributed by atoms with Gasteiger partial charge in [0.2, 0.25) is 0 Å². The number of hydrogen-bond donors (Lipinski definition) is 2. The number of ether oxygens (including phenoxy) is 1. The SMILES string of the molecule is CC(C)C1C(=O)OC(CO)C1O. The third-order valence-electron chi connectivity index (χ3n) is 2.19. The monoisotopic (exact) mass is 174 g/mol. The summed E-state index contributed by atoms with van der Waals surface area (Å²) in [6, 6.07) is 0. The lowest BCUT2D eigenvalue weighted by Gasteiger charge is -2.15. The Kier molecular flexibility index (Phi) is 2.69. The molecule has 0 aromatic rings. The van der Waals surface area contributed by atoms with Gasteiger partial charge in [0, 0.05) is 0 Å². The first-order valence-corrected chi connectivity index (χ1v) is 4.07. The lowest BCUT2D eigenvalue weighted by molar-refractivity contribution is -0.146. The summed E-state index contributed by atoms with van der Waals surface area (Å²) in [6.45, 7) is 3.37. The summed E-state index contributed by atoms with van der Waals surface area (Å²) in [5, 5.41) is 18.2. The molecule has 1 aliphatic heterocycles. The first kappa shape index (κ1) is 9.48. The zero-order valence-corrected chi connectivity index (χ0v) is 7.23. The van der Waals surface area contributed by atoms with Gasteiger partial charge >= 0.3 is 5.97 Å². The van der Waals surface area contributed by atoms with E-state index in [4.69, 9.17) is 9.84 Å². The van der Waals surface area contributed by atoms with Gasteiger partial charge in [0.25, 0.3) is 0 Å². The van der Waals surface area contributed by atoms with Crippen molar-refractivity contribution in [2.75, 3.05) is 6.61 Å². The van der Waals surface area contributed by atoms with Gasteiger partial charge in [-0.1, -0.05) is 13.8 Å². The maximum absolute atomic E-state index is 11.1. The standard InChI is InChI=1S/C8H14O4/c1-4(2)6-7(10)5(3-9)12-8(6)11/h4-7,9-10H,3H2,1-2H3. The highest BCUT2D eigenvalue weighted by Crippen LogP contribution is 2.27. The zero-order valence-electron chi connectivity index (χ0n) is 7.23. The van der Waals surface area contributed by atoms with E-state index < -0.39 is 24.1 Å². The van der Waals surface area contributed by atoms with Crippen molar-refractivity contribution in [3.05, 3.63) is 0 Å². The molecular formula is C8H14O4. The fourth-order valence-electron chi connectivity index (χ4n) is 1.48. The molecule has 1 rings (SSSR count). The van der Waals surface area contributed by atoms with E-state index in [-0.39, 0.29) is 12.5 Å². The van der Waals surface area contributed by atoms with Crippen LogP contribution in [-0.4, -0.2) is 35.0 Å². The molecule has 4 heteroatoms. The molecule has 3 unspecified atom stereocenters. The Morgan fingerprint density at radius 1 is 1.58 bits per heavy atom. The number of cyclic esters (lactones) is 1. The van der Waals surface area contributed by atoms with Crippen LogP contribution in [-0.2, 0) is 9.53 Å². The van der Waals surface area contributed by atoms with Crippen LogP contribution in [0.5, 0.6) is 0 Å². The van der Waals surface area contributed by atoms with Crippen LogP contribution >= 0.6 is 0 Å². The molecule has 0 amide bonds. The van der Waals surface area contributed by atoms with Gasteiger partial charge in [-0.15, -0.1) is 0 Å². The molecule has 0 radical (unpaired) electrons. The van der Waals surface area contributed by atoms with Crippen LogP contribution in [0, 0.1) is 11.8 Å². The van der Waals surface area contributed by atoms with Crippen LogP contribution in [0.1, 0.15) is 13.8 Å². The first-order valence-electron chi connectivity index (χ1n) is 4.07. The van der Waals surface area contributed by atoms with Crippen molar-refractivity contribution >= 4 is 5.97 Å². The molecule has 0 spiro atoms. The summed E-state index contributed by atoms with van der Waals surface area (Å²) in [5.41, 5.74) is 0. The number of hydrogen-bond acceptors (Lipinski definition) is 4. The number of esters is 1. The number of carbonyl (C=O) groups excluding carboxylic acids is 1. The zero-order chi connectivity index (χ0) is 9.30. The summed E-state index contributed by atoms with van der Waals surface area (Å²) in [4.78, 5) is 11.1. The molecule has 4 nitrogen and oxygen atoms in total. The maximum atomic E-state index is 11.1. The van der Waals surface area contributed by atoms with Crippen molar-refractivity contribution in [2.24, 2.45) is 11.8 Å². The normalized spacial score (nSPS) is 35.8. The van der Waals surface area contributed by atoms with Crippen molar-refractivity contribution in [3.8, 4) is 0 Å². The van der Waals surface area contributed by atoms with Crippen LogP contribution in [0.15, 0.2) is 0 Å². The Hall–Kier alpha value is -0.610. The van der Waals surface area contributed by atoms with Gasteiger partial charge in [0.15, 0.2) is 6.10 Å². The van der Waals surface area contributed by atoms with Crippen LogP contribution in [0.3, 0.4) is 0 Å². The highest BCUT2D eigenvalue weighted by molar-refractivity contribution is 5.76. The second-order valence-electron chi connectivity index (χ2n) is 3.42. The highest BCUT2D eigenvalue weighted by Gasteiger charge is 2.44. The van der Waals surface area contributed by atoms with Gasteiger partial charge in [-0.25, -0.2) is 0 Å². The lowest BCUT2D eigenvalue weighted by Crippen LogP contribution is -2.31. The van der Waals surface area contributed by atoms with Crippen molar-refractivity contribution in [2.45, 2.75) is 26.1 Å². The lowest BCUT2D eigenvalue weighted by atomic mass is 9.90. The predicted octanol–water partition coefficient (Wildman–Crippen LogP) is -0.463.